The van der Waals surface area contributed by atoms with Gasteiger partial charge in [-0.25, -0.2) is 15.0 Å². The Balaban J connectivity index is 1.26. The zero-order valence-electron chi connectivity index (χ0n) is 20.5. The maximum absolute atomic E-state index is 6.24. The minimum absolute atomic E-state index is 0.273. The van der Waals surface area contributed by atoms with E-state index in [0.29, 0.717) is 0 Å². The highest BCUT2D eigenvalue weighted by molar-refractivity contribution is 5.96. The number of hydrogen-bond donors (Lipinski definition) is 2. The topological polar surface area (TPSA) is 110 Å². The second-order valence-electron chi connectivity index (χ2n) is 9.65. The molecule has 1 aliphatic rings. The van der Waals surface area contributed by atoms with Crippen LogP contribution in [0.3, 0.4) is 0 Å². The summed E-state index contributed by atoms with van der Waals surface area (Å²) < 4.78 is 8.17. The van der Waals surface area contributed by atoms with Gasteiger partial charge in [0.25, 0.3) is 0 Å². The normalized spacial score (nSPS) is 14.5. The van der Waals surface area contributed by atoms with Crippen LogP contribution in [0.1, 0.15) is 37.8 Å². The molecule has 184 valence electrons. The van der Waals surface area contributed by atoms with Gasteiger partial charge >= 0.3 is 0 Å². The molecule has 1 fully saturated rings. The Hall–Kier alpha value is -4.53. The van der Waals surface area contributed by atoms with E-state index in [-0.39, 0.29) is 6.10 Å². The zero-order valence-corrected chi connectivity index (χ0v) is 20.5. The summed E-state index contributed by atoms with van der Waals surface area (Å²) in [4.78, 5) is 21.8. The summed E-state index contributed by atoms with van der Waals surface area (Å²) in [5, 5.41) is 8.70. The Morgan fingerprint density at radius 2 is 1.92 bits per heavy atom. The lowest BCUT2D eigenvalue weighted by atomic mass is 9.98. The van der Waals surface area contributed by atoms with Gasteiger partial charge < -0.3 is 9.72 Å². The van der Waals surface area contributed by atoms with Crippen molar-refractivity contribution in [1.82, 2.24) is 39.7 Å². The lowest BCUT2D eigenvalue weighted by Gasteiger charge is -2.22. The summed E-state index contributed by atoms with van der Waals surface area (Å²) in [6.07, 6.45) is 15.4. The minimum atomic E-state index is 0.273. The SMILES string of the molecule is Cc1cn(-c2nccc3[nH]c(-c4n[nH]c5ccc(-c6cncc(OC7CCCCC7)c6)nc45)cc23)cn1. The number of aromatic nitrogens is 8. The van der Waals surface area contributed by atoms with Gasteiger partial charge in [0, 0.05) is 29.5 Å². The van der Waals surface area contributed by atoms with Crippen LogP contribution in [-0.4, -0.2) is 45.8 Å². The van der Waals surface area contributed by atoms with Crippen LogP contribution in [0, 0.1) is 6.92 Å². The van der Waals surface area contributed by atoms with E-state index < -0.39 is 0 Å². The smallest absolute Gasteiger partial charge is 0.147 e. The zero-order chi connectivity index (χ0) is 24.8. The third-order valence-electron chi connectivity index (χ3n) is 7.01. The first kappa shape index (κ1) is 21.7. The van der Waals surface area contributed by atoms with Crippen molar-refractivity contribution in [2.45, 2.75) is 45.1 Å². The van der Waals surface area contributed by atoms with Crippen LogP contribution in [0.15, 0.2) is 61.4 Å². The predicted octanol–water partition coefficient (Wildman–Crippen LogP) is 5.77. The molecule has 7 rings (SSSR count). The molecular weight excluding hydrogens is 464 g/mol. The first-order valence-corrected chi connectivity index (χ1v) is 12.7. The summed E-state index contributed by atoms with van der Waals surface area (Å²) in [5.74, 6) is 1.61. The number of pyridine rings is 3. The average Bonchev–Trinajstić information content (AvgIpc) is 3.66. The first-order valence-electron chi connectivity index (χ1n) is 12.7. The van der Waals surface area contributed by atoms with Crippen LogP contribution < -0.4 is 4.74 Å². The second kappa shape index (κ2) is 8.85. The molecule has 37 heavy (non-hydrogen) atoms. The largest absolute Gasteiger partial charge is 0.489 e. The number of nitrogens with zero attached hydrogens (tertiary/aromatic N) is 6. The summed E-state index contributed by atoms with van der Waals surface area (Å²) in [6.45, 7) is 1.96. The van der Waals surface area contributed by atoms with E-state index in [0.717, 1.165) is 74.7 Å². The number of ether oxygens (including phenoxy) is 1. The lowest BCUT2D eigenvalue weighted by Crippen LogP contribution is -2.19. The molecular formula is C28H26N8O. The van der Waals surface area contributed by atoms with Crippen LogP contribution in [-0.2, 0) is 0 Å². The van der Waals surface area contributed by atoms with E-state index in [1.165, 1.54) is 19.3 Å². The van der Waals surface area contributed by atoms with E-state index in [2.05, 4.69) is 36.2 Å². The summed E-state index contributed by atoms with van der Waals surface area (Å²) in [5.41, 5.74) is 6.92. The fourth-order valence-electron chi connectivity index (χ4n) is 5.16. The van der Waals surface area contributed by atoms with E-state index >= 15 is 0 Å². The average molecular weight is 491 g/mol. The highest BCUT2D eigenvalue weighted by Crippen LogP contribution is 2.32. The van der Waals surface area contributed by atoms with Crippen molar-refractivity contribution in [1.29, 1.82) is 0 Å². The molecule has 2 N–H and O–H groups in total. The molecule has 0 aromatic carbocycles. The number of nitrogens with one attached hydrogen (secondary N) is 2. The van der Waals surface area contributed by atoms with Crippen LogP contribution >= 0.6 is 0 Å². The molecule has 6 aromatic rings. The second-order valence-corrected chi connectivity index (χ2v) is 9.65. The number of H-pyrrole nitrogens is 2. The highest BCUT2D eigenvalue weighted by Gasteiger charge is 2.18. The molecule has 0 aliphatic heterocycles. The van der Waals surface area contributed by atoms with Crippen LogP contribution in [0.5, 0.6) is 5.75 Å². The lowest BCUT2D eigenvalue weighted by molar-refractivity contribution is 0.154. The number of fused-ring (bicyclic) bond motifs is 2. The van der Waals surface area contributed by atoms with Crippen molar-refractivity contribution >= 4 is 21.9 Å². The monoisotopic (exact) mass is 490 g/mol. The Morgan fingerprint density at radius 1 is 1.00 bits per heavy atom. The minimum Gasteiger partial charge on any atom is -0.489 e. The van der Waals surface area contributed by atoms with Gasteiger partial charge in [-0.2, -0.15) is 5.10 Å². The summed E-state index contributed by atoms with van der Waals surface area (Å²) in [7, 11) is 0. The molecule has 6 aromatic heterocycles. The van der Waals surface area contributed by atoms with Crippen molar-refractivity contribution < 1.29 is 4.74 Å². The predicted molar refractivity (Wildman–Crippen MR) is 142 cm³/mol. The molecule has 0 unspecified atom stereocenters. The third kappa shape index (κ3) is 4.02. The third-order valence-corrected chi connectivity index (χ3v) is 7.01. The number of aryl methyl sites for hydroxylation is 1. The quantitative estimate of drug-likeness (QED) is 0.317. The summed E-state index contributed by atoms with van der Waals surface area (Å²) in [6, 6.07) is 10.1. The Bertz CT molecular complexity index is 1720. The van der Waals surface area contributed by atoms with Gasteiger partial charge in [-0.1, -0.05) is 6.42 Å². The van der Waals surface area contributed by atoms with Gasteiger partial charge in [0.05, 0.1) is 40.4 Å². The van der Waals surface area contributed by atoms with Crippen molar-refractivity contribution in [3.8, 4) is 34.2 Å². The molecule has 0 saturated heterocycles. The molecule has 0 bridgehead atoms. The van der Waals surface area contributed by atoms with Crippen LogP contribution in [0.25, 0.3) is 50.4 Å². The number of aromatic amines is 2. The van der Waals surface area contributed by atoms with Crippen molar-refractivity contribution in [2.75, 3.05) is 0 Å². The van der Waals surface area contributed by atoms with Crippen molar-refractivity contribution in [3.05, 3.63) is 67.1 Å². The van der Waals surface area contributed by atoms with Crippen LogP contribution in [0.4, 0.5) is 0 Å². The van der Waals surface area contributed by atoms with Gasteiger partial charge in [-0.3, -0.25) is 14.6 Å². The molecule has 9 heteroatoms. The van der Waals surface area contributed by atoms with E-state index in [4.69, 9.17) is 9.72 Å². The summed E-state index contributed by atoms with van der Waals surface area (Å²) >= 11 is 0. The van der Waals surface area contributed by atoms with E-state index in [9.17, 15) is 0 Å². The number of imidazole rings is 1. The van der Waals surface area contributed by atoms with Gasteiger partial charge in [0.2, 0.25) is 0 Å². The first-order chi connectivity index (χ1) is 18.2. The standard InChI is InChI=1S/C28H26N8O/c1-17-15-36(16-31-17)28-21-12-25(32-23(21)9-10-30-28)27-26-24(34-35-27)8-7-22(33-26)18-11-20(14-29-13-18)37-19-5-3-2-4-6-19/h7-16,19,32H,2-6H2,1H3,(H,34,35). The van der Waals surface area contributed by atoms with E-state index in [1.807, 2.05) is 48.1 Å². The van der Waals surface area contributed by atoms with Crippen LogP contribution in [0.2, 0.25) is 0 Å². The molecule has 9 nitrogen and oxygen atoms in total. The molecule has 0 atom stereocenters. The molecule has 6 heterocycles. The molecule has 0 radical (unpaired) electrons. The van der Waals surface area contributed by atoms with E-state index in [1.54, 1.807) is 18.7 Å². The maximum atomic E-state index is 6.24. The fourth-order valence-corrected chi connectivity index (χ4v) is 5.16. The van der Waals surface area contributed by atoms with Gasteiger partial charge in [-0.05, 0) is 62.9 Å². The Labute approximate surface area is 213 Å². The molecule has 0 spiro atoms. The van der Waals surface area contributed by atoms with Crippen molar-refractivity contribution in [2.24, 2.45) is 0 Å². The molecule has 0 amide bonds. The van der Waals surface area contributed by atoms with Gasteiger partial charge in [0.1, 0.15) is 29.1 Å². The Kier molecular flexibility index (Phi) is 5.20. The van der Waals surface area contributed by atoms with Crippen molar-refractivity contribution in [3.63, 3.8) is 0 Å². The fraction of sp³-hybridized carbons (Fsp3) is 0.250. The Morgan fingerprint density at radius 3 is 2.78 bits per heavy atom. The number of hydrogen-bond acceptors (Lipinski definition) is 6. The highest BCUT2D eigenvalue weighted by atomic mass is 16.5. The maximum Gasteiger partial charge on any atom is 0.147 e. The van der Waals surface area contributed by atoms with Gasteiger partial charge in [-0.15, -0.1) is 0 Å². The van der Waals surface area contributed by atoms with Gasteiger partial charge in [0.15, 0.2) is 0 Å². The molecule has 1 saturated carbocycles. The number of rotatable bonds is 5. The molecule has 1 aliphatic carbocycles.